The number of nitrogens with one attached hydrogen (secondary N) is 2. The molecule has 3 atom stereocenters. The van der Waals surface area contributed by atoms with Crippen LogP contribution in [0.5, 0.6) is 0 Å². The topological polar surface area (TPSA) is 42.8 Å². The fourth-order valence-electron chi connectivity index (χ4n) is 2.88. The second kappa shape index (κ2) is 8.16. The number of quaternary nitrogens is 1. The number of carbonyl (C=O) groups is 1. The quantitative estimate of drug-likeness (QED) is 0.845. The number of hydrogen-bond donors (Lipinski definition) is 2. The lowest BCUT2D eigenvalue weighted by Crippen LogP contribution is -3.16. The first-order valence-electron chi connectivity index (χ1n) is 7.63. The Hall–Kier alpha value is -0.810. The zero-order valence-corrected chi connectivity index (χ0v) is 14.5. The number of carbonyl (C=O) groups excluding carboxylic acids is 1. The largest absolute Gasteiger partial charge is 0.364 e. The van der Waals surface area contributed by atoms with E-state index in [0.717, 1.165) is 18.7 Å². The summed E-state index contributed by atoms with van der Waals surface area (Å²) >= 11 is 12.0. The molecule has 1 aromatic rings. The van der Waals surface area contributed by atoms with Crippen LogP contribution in [0.4, 0.5) is 0 Å². The first-order chi connectivity index (χ1) is 10.4. The van der Waals surface area contributed by atoms with Crippen molar-refractivity contribution in [2.75, 3.05) is 26.2 Å². The van der Waals surface area contributed by atoms with Gasteiger partial charge in [0, 0.05) is 16.6 Å². The first kappa shape index (κ1) is 17.5. The average molecular weight is 346 g/mol. The third kappa shape index (κ3) is 5.43. The van der Waals surface area contributed by atoms with Crippen LogP contribution in [0.1, 0.15) is 19.4 Å². The molecule has 2 N–H and O–H groups in total. The molecule has 0 radical (unpaired) electrons. The third-order valence-corrected chi connectivity index (χ3v) is 4.35. The minimum absolute atomic E-state index is 0.0707. The maximum atomic E-state index is 12.0. The molecule has 2 rings (SSSR count). The molecule has 4 nitrogen and oxygen atoms in total. The molecular formula is C16H23Cl2N2O2+. The highest BCUT2D eigenvalue weighted by Gasteiger charge is 2.26. The lowest BCUT2D eigenvalue weighted by molar-refractivity contribution is -0.907. The van der Waals surface area contributed by atoms with Gasteiger partial charge >= 0.3 is 0 Å². The van der Waals surface area contributed by atoms with E-state index in [9.17, 15) is 4.79 Å². The highest BCUT2D eigenvalue weighted by Crippen LogP contribution is 2.20. The van der Waals surface area contributed by atoms with E-state index in [4.69, 9.17) is 27.9 Å². The molecule has 1 aliphatic heterocycles. The maximum Gasteiger partial charge on any atom is 0.275 e. The van der Waals surface area contributed by atoms with E-state index in [2.05, 4.69) is 19.2 Å². The van der Waals surface area contributed by atoms with Crippen LogP contribution < -0.4 is 10.2 Å². The second-order valence-corrected chi connectivity index (χ2v) is 6.77. The Kier molecular flexibility index (Phi) is 6.50. The molecule has 22 heavy (non-hydrogen) atoms. The molecule has 122 valence electrons. The summed E-state index contributed by atoms with van der Waals surface area (Å²) in [5.74, 6) is 0.0707. The van der Waals surface area contributed by atoms with Gasteiger partial charge in [-0.25, -0.2) is 0 Å². The number of rotatable bonds is 5. The van der Waals surface area contributed by atoms with Crippen molar-refractivity contribution in [2.24, 2.45) is 0 Å². The molecule has 6 heteroatoms. The highest BCUT2D eigenvalue weighted by molar-refractivity contribution is 6.35. The molecule has 1 unspecified atom stereocenters. The molecule has 1 heterocycles. The molecular weight excluding hydrogens is 323 g/mol. The SMILES string of the molecule is C[C@@H]1C[NH+](CC(=O)NCCc2ccc(Cl)cc2Cl)C[C@H](C)O1. The molecule has 1 saturated heterocycles. The minimum atomic E-state index is 0.0707. The van der Waals surface area contributed by atoms with E-state index in [-0.39, 0.29) is 18.1 Å². The molecule has 1 aliphatic rings. The molecule has 0 aromatic heterocycles. The van der Waals surface area contributed by atoms with E-state index in [1.165, 1.54) is 4.90 Å². The van der Waals surface area contributed by atoms with Gasteiger partial charge in [0.2, 0.25) is 0 Å². The van der Waals surface area contributed by atoms with E-state index >= 15 is 0 Å². The zero-order valence-electron chi connectivity index (χ0n) is 13.0. The van der Waals surface area contributed by atoms with Crippen molar-refractivity contribution in [2.45, 2.75) is 32.5 Å². The van der Waals surface area contributed by atoms with Gasteiger partial charge in [0.15, 0.2) is 6.54 Å². The van der Waals surface area contributed by atoms with E-state index < -0.39 is 0 Å². The van der Waals surface area contributed by atoms with Gasteiger partial charge in [-0.1, -0.05) is 29.3 Å². The van der Waals surface area contributed by atoms with Gasteiger partial charge in [-0.05, 0) is 38.0 Å². The van der Waals surface area contributed by atoms with Crippen LogP contribution in [0.2, 0.25) is 10.0 Å². The maximum absolute atomic E-state index is 12.0. The Morgan fingerprint density at radius 3 is 2.64 bits per heavy atom. The molecule has 1 aromatic carbocycles. The van der Waals surface area contributed by atoms with Gasteiger partial charge in [-0.2, -0.15) is 0 Å². The van der Waals surface area contributed by atoms with Gasteiger partial charge in [-0.3, -0.25) is 4.79 Å². The van der Waals surface area contributed by atoms with Crippen LogP contribution in [0.3, 0.4) is 0 Å². The molecule has 0 aliphatic carbocycles. The fourth-order valence-corrected chi connectivity index (χ4v) is 3.39. The predicted molar refractivity (Wildman–Crippen MR) is 88.7 cm³/mol. The number of hydrogen-bond acceptors (Lipinski definition) is 2. The Morgan fingerprint density at radius 2 is 2.00 bits per heavy atom. The number of ether oxygens (including phenoxy) is 1. The Morgan fingerprint density at radius 1 is 1.32 bits per heavy atom. The number of amides is 1. The van der Waals surface area contributed by atoms with Crippen LogP contribution in [-0.4, -0.2) is 44.3 Å². The van der Waals surface area contributed by atoms with Gasteiger partial charge in [0.25, 0.3) is 5.91 Å². The zero-order chi connectivity index (χ0) is 16.1. The smallest absolute Gasteiger partial charge is 0.275 e. The van der Waals surface area contributed by atoms with Gasteiger partial charge in [-0.15, -0.1) is 0 Å². The summed E-state index contributed by atoms with van der Waals surface area (Å²) in [5.41, 5.74) is 0.993. The lowest BCUT2D eigenvalue weighted by Gasteiger charge is -2.31. The number of morpholine rings is 1. The summed E-state index contributed by atoms with van der Waals surface area (Å²) in [5, 5.41) is 4.22. The molecule has 1 amide bonds. The summed E-state index contributed by atoms with van der Waals surface area (Å²) in [6.45, 7) is 6.93. The van der Waals surface area contributed by atoms with E-state index in [0.29, 0.717) is 29.6 Å². The predicted octanol–water partition coefficient (Wildman–Crippen LogP) is 1.34. The van der Waals surface area contributed by atoms with E-state index in [1.54, 1.807) is 6.07 Å². The van der Waals surface area contributed by atoms with Crippen molar-refractivity contribution in [3.05, 3.63) is 33.8 Å². The van der Waals surface area contributed by atoms with Crippen LogP contribution in [0.25, 0.3) is 0 Å². The molecule has 0 saturated carbocycles. The summed E-state index contributed by atoms with van der Waals surface area (Å²) < 4.78 is 5.68. The van der Waals surface area contributed by atoms with Crippen molar-refractivity contribution in [1.29, 1.82) is 0 Å². The molecule has 0 bridgehead atoms. The summed E-state index contributed by atoms with van der Waals surface area (Å²) in [4.78, 5) is 13.3. The third-order valence-electron chi connectivity index (χ3n) is 3.76. The van der Waals surface area contributed by atoms with Gasteiger partial charge < -0.3 is 15.0 Å². The number of halogens is 2. The second-order valence-electron chi connectivity index (χ2n) is 5.93. The average Bonchev–Trinajstić information content (AvgIpc) is 2.40. The normalized spacial score (nSPS) is 25.0. The van der Waals surface area contributed by atoms with Gasteiger partial charge in [0.1, 0.15) is 25.3 Å². The summed E-state index contributed by atoms with van der Waals surface area (Å²) in [6, 6.07) is 5.43. The monoisotopic (exact) mass is 345 g/mol. The summed E-state index contributed by atoms with van der Waals surface area (Å²) in [6.07, 6.45) is 1.12. The van der Waals surface area contributed by atoms with Crippen LogP contribution in [0.15, 0.2) is 18.2 Å². The van der Waals surface area contributed by atoms with Crippen LogP contribution >= 0.6 is 23.2 Å². The highest BCUT2D eigenvalue weighted by atomic mass is 35.5. The fraction of sp³-hybridized carbons (Fsp3) is 0.562. The van der Waals surface area contributed by atoms with Gasteiger partial charge in [0.05, 0.1) is 0 Å². The summed E-state index contributed by atoms with van der Waals surface area (Å²) in [7, 11) is 0. The molecule has 0 spiro atoms. The Bertz CT molecular complexity index is 515. The number of benzene rings is 1. The Balaban J connectivity index is 1.73. The minimum Gasteiger partial charge on any atom is -0.364 e. The Labute approximate surface area is 141 Å². The first-order valence-corrected chi connectivity index (χ1v) is 8.39. The lowest BCUT2D eigenvalue weighted by atomic mass is 10.1. The van der Waals surface area contributed by atoms with E-state index in [1.807, 2.05) is 12.1 Å². The molecule has 1 fully saturated rings. The van der Waals surface area contributed by atoms with Crippen molar-refractivity contribution in [3.8, 4) is 0 Å². The van der Waals surface area contributed by atoms with Crippen molar-refractivity contribution in [3.63, 3.8) is 0 Å². The van der Waals surface area contributed by atoms with Crippen LogP contribution in [0, 0.1) is 0 Å². The van der Waals surface area contributed by atoms with Crippen molar-refractivity contribution < 1.29 is 14.4 Å². The van der Waals surface area contributed by atoms with Crippen LogP contribution in [-0.2, 0) is 16.0 Å². The van der Waals surface area contributed by atoms with Crippen molar-refractivity contribution in [1.82, 2.24) is 5.32 Å². The van der Waals surface area contributed by atoms with Crippen molar-refractivity contribution >= 4 is 29.1 Å². The standard InChI is InChI=1S/C16H22Cl2N2O2/c1-11-8-20(9-12(2)22-11)10-16(21)19-6-5-13-3-4-14(17)7-15(13)18/h3-4,7,11-12H,5-6,8-10H2,1-2H3,(H,19,21)/p+1/t11-,12+.